The Bertz CT molecular complexity index is 716. The molecule has 3 aliphatic carbocycles. The third-order valence-corrected chi connectivity index (χ3v) is 8.40. The predicted molar refractivity (Wildman–Crippen MR) is 123 cm³/mol. The molecule has 30 heavy (non-hydrogen) atoms. The van der Waals surface area contributed by atoms with Crippen LogP contribution in [0.15, 0.2) is 35.5 Å². The van der Waals surface area contributed by atoms with Gasteiger partial charge < -0.3 is 10.2 Å². The molecular weight excluding hydrogens is 372 g/mol. The average molecular weight is 415 g/mol. The van der Waals surface area contributed by atoms with Gasteiger partial charge in [-0.1, -0.05) is 57.6 Å². The van der Waals surface area contributed by atoms with Crippen LogP contribution >= 0.6 is 0 Å². The smallest absolute Gasteiger partial charge is 0.163 e. The Morgan fingerprint density at radius 2 is 1.93 bits per heavy atom. The molecule has 0 radical (unpaired) electrons. The van der Waals surface area contributed by atoms with E-state index in [0.717, 1.165) is 25.7 Å². The fourth-order valence-electron chi connectivity index (χ4n) is 6.63. The lowest BCUT2D eigenvalue weighted by Gasteiger charge is -2.44. The summed E-state index contributed by atoms with van der Waals surface area (Å²) in [7, 11) is 0. The van der Waals surface area contributed by atoms with E-state index in [1.165, 1.54) is 36.8 Å². The van der Waals surface area contributed by atoms with Crippen molar-refractivity contribution in [3.8, 4) is 0 Å². The van der Waals surface area contributed by atoms with E-state index >= 15 is 0 Å². The van der Waals surface area contributed by atoms with Gasteiger partial charge in [-0.25, -0.2) is 0 Å². The molecule has 3 saturated carbocycles. The minimum absolute atomic E-state index is 0.0210. The molecule has 0 heterocycles. The third kappa shape index (κ3) is 4.83. The molecule has 0 aromatic rings. The van der Waals surface area contributed by atoms with Gasteiger partial charge in [-0.2, -0.15) is 0 Å². The first kappa shape index (κ1) is 23.5. The van der Waals surface area contributed by atoms with Gasteiger partial charge in [0, 0.05) is 5.92 Å². The maximum Gasteiger partial charge on any atom is 0.163 e. The number of fused-ring (bicyclic) bond motifs is 1. The molecule has 0 spiro atoms. The highest BCUT2D eigenvalue weighted by molar-refractivity contribution is 5.84. The topological polar surface area (TPSA) is 57.5 Å². The zero-order valence-corrected chi connectivity index (χ0v) is 19.5. The monoisotopic (exact) mass is 414 g/mol. The van der Waals surface area contributed by atoms with E-state index in [4.69, 9.17) is 0 Å². The number of hydrogen-bond donors (Lipinski definition) is 2. The first-order valence-electron chi connectivity index (χ1n) is 12.1. The predicted octanol–water partition coefficient (Wildman–Crippen LogP) is 5.77. The second-order valence-electron chi connectivity index (χ2n) is 10.8. The van der Waals surface area contributed by atoms with Gasteiger partial charge in [-0.15, -0.1) is 0 Å². The van der Waals surface area contributed by atoms with Crippen molar-refractivity contribution >= 4 is 5.78 Å². The lowest BCUT2D eigenvalue weighted by atomic mass is 9.60. The van der Waals surface area contributed by atoms with Gasteiger partial charge >= 0.3 is 0 Å². The maximum absolute atomic E-state index is 12.2. The SMILES string of the molecule is C=C1CC[C@H](O)C/C1=C/C=C1CCC[C@@]2(C)C1CC[C@@H]2[C@H](C)CC(O)C(=O)C(C)C. The van der Waals surface area contributed by atoms with Crippen molar-refractivity contribution in [2.45, 2.75) is 97.7 Å². The summed E-state index contributed by atoms with van der Waals surface area (Å²) in [4.78, 5) is 12.2. The van der Waals surface area contributed by atoms with Gasteiger partial charge in [0.2, 0.25) is 0 Å². The Morgan fingerprint density at radius 3 is 2.63 bits per heavy atom. The summed E-state index contributed by atoms with van der Waals surface area (Å²) in [5.74, 6) is 1.37. The van der Waals surface area contributed by atoms with Gasteiger partial charge in [0.05, 0.1) is 6.10 Å². The molecule has 2 N–H and O–H groups in total. The second kappa shape index (κ2) is 9.53. The Kier molecular flexibility index (Phi) is 7.45. The molecular formula is C27H42O3. The summed E-state index contributed by atoms with van der Waals surface area (Å²) >= 11 is 0. The molecule has 2 unspecified atom stereocenters. The summed E-state index contributed by atoms with van der Waals surface area (Å²) in [5.41, 5.74) is 4.20. The number of hydrogen-bond acceptors (Lipinski definition) is 3. The van der Waals surface area contributed by atoms with Crippen LogP contribution in [-0.4, -0.2) is 28.2 Å². The Morgan fingerprint density at radius 1 is 1.20 bits per heavy atom. The molecule has 0 aromatic carbocycles. The van der Waals surface area contributed by atoms with Crippen LogP contribution in [0.1, 0.15) is 85.5 Å². The summed E-state index contributed by atoms with van der Waals surface area (Å²) in [6.45, 7) is 12.6. The molecule has 0 amide bonds. The molecule has 3 nitrogen and oxygen atoms in total. The van der Waals surface area contributed by atoms with E-state index in [9.17, 15) is 15.0 Å². The summed E-state index contributed by atoms with van der Waals surface area (Å²) < 4.78 is 0. The fraction of sp³-hybridized carbons (Fsp3) is 0.741. The Hall–Kier alpha value is -1.19. The highest BCUT2D eigenvalue weighted by atomic mass is 16.3. The second-order valence-corrected chi connectivity index (χ2v) is 10.8. The van der Waals surface area contributed by atoms with Crippen LogP contribution in [0, 0.1) is 29.1 Å². The first-order chi connectivity index (χ1) is 14.1. The molecule has 3 aliphatic rings. The fourth-order valence-corrected chi connectivity index (χ4v) is 6.63. The number of rotatable bonds is 6. The third-order valence-electron chi connectivity index (χ3n) is 8.40. The largest absolute Gasteiger partial charge is 0.393 e. The normalized spacial score (nSPS) is 36.9. The Labute approximate surface area is 183 Å². The van der Waals surface area contributed by atoms with Crippen molar-refractivity contribution in [1.29, 1.82) is 0 Å². The lowest BCUT2D eigenvalue weighted by molar-refractivity contribution is -0.131. The minimum atomic E-state index is -0.824. The zero-order chi connectivity index (χ0) is 22.1. The Balaban J connectivity index is 1.73. The molecule has 0 saturated heterocycles. The van der Waals surface area contributed by atoms with Crippen LogP contribution in [0.4, 0.5) is 0 Å². The summed E-state index contributed by atoms with van der Waals surface area (Å²) in [6, 6.07) is 0. The zero-order valence-electron chi connectivity index (χ0n) is 19.5. The quantitative estimate of drug-likeness (QED) is 0.580. The van der Waals surface area contributed by atoms with Gasteiger partial charge in [0.1, 0.15) is 6.10 Å². The van der Waals surface area contributed by atoms with Crippen LogP contribution in [0.5, 0.6) is 0 Å². The maximum atomic E-state index is 12.2. The van der Waals surface area contributed by atoms with Crippen LogP contribution < -0.4 is 0 Å². The molecule has 6 atom stereocenters. The van der Waals surface area contributed by atoms with Crippen molar-refractivity contribution in [2.24, 2.45) is 29.1 Å². The van der Waals surface area contributed by atoms with Crippen molar-refractivity contribution in [1.82, 2.24) is 0 Å². The van der Waals surface area contributed by atoms with E-state index in [1.54, 1.807) is 5.57 Å². The van der Waals surface area contributed by atoms with Crippen molar-refractivity contribution < 1.29 is 15.0 Å². The molecule has 3 rings (SSSR count). The number of Topliss-reactive ketones (excluding diaryl/α,β-unsaturated/α-hetero) is 1. The van der Waals surface area contributed by atoms with Crippen LogP contribution in [-0.2, 0) is 4.79 Å². The van der Waals surface area contributed by atoms with E-state index in [1.807, 2.05) is 13.8 Å². The number of allylic oxidation sites excluding steroid dienone is 4. The van der Waals surface area contributed by atoms with E-state index in [0.29, 0.717) is 24.2 Å². The lowest BCUT2D eigenvalue weighted by Crippen LogP contribution is -2.38. The minimum Gasteiger partial charge on any atom is -0.393 e. The van der Waals surface area contributed by atoms with Gasteiger partial charge in [0.15, 0.2) is 5.78 Å². The molecule has 168 valence electrons. The first-order valence-corrected chi connectivity index (χ1v) is 12.1. The highest BCUT2D eigenvalue weighted by Crippen LogP contribution is 2.59. The van der Waals surface area contributed by atoms with Crippen LogP contribution in [0.25, 0.3) is 0 Å². The number of aliphatic hydroxyl groups is 2. The summed E-state index contributed by atoms with van der Waals surface area (Å²) in [5, 5.41) is 20.4. The molecule has 0 aliphatic heterocycles. The van der Waals surface area contributed by atoms with Crippen molar-refractivity contribution in [3.05, 3.63) is 35.5 Å². The average Bonchev–Trinajstić information content (AvgIpc) is 3.05. The number of carbonyl (C=O) groups excluding carboxylic acids is 1. The van der Waals surface area contributed by atoms with E-state index in [2.05, 4.69) is 32.6 Å². The highest BCUT2D eigenvalue weighted by Gasteiger charge is 2.50. The van der Waals surface area contributed by atoms with E-state index in [-0.39, 0.29) is 23.2 Å². The molecule has 0 aromatic heterocycles. The molecule has 0 bridgehead atoms. The standard InChI is InChI=1S/C27H42O3/c1-17(2)26(30)25(29)15-19(4)23-12-13-24-20(7-6-14-27(23,24)5)9-10-21-16-22(28)11-8-18(21)3/h9-10,17,19,22-25,28-29H,3,6-8,11-16H2,1-2,4-5H3/b20-9?,21-10-/t19-,22+,23-,24?,25?,27-/m1/s1. The number of ketones is 1. The molecule has 3 heteroatoms. The molecule has 3 fully saturated rings. The number of carbonyl (C=O) groups is 1. The van der Waals surface area contributed by atoms with Gasteiger partial charge in [-0.3, -0.25) is 4.79 Å². The van der Waals surface area contributed by atoms with Gasteiger partial charge in [0.25, 0.3) is 0 Å². The van der Waals surface area contributed by atoms with Crippen molar-refractivity contribution in [3.63, 3.8) is 0 Å². The summed E-state index contributed by atoms with van der Waals surface area (Å²) in [6.07, 6.45) is 12.6. The van der Waals surface area contributed by atoms with Crippen LogP contribution in [0.2, 0.25) is 0 Å². The van der Waals surface area contributed by atoms with Crippen LogP contribution in [0.3, 0.4) is 0 Å². The number of aliphatic hydroxyl groups excluding tert-OH is 2. The van der Waals surface area contributed by atoms with E-state index < -0.39 is 6.10 Å². The van der Waals surface area contributed by atoms with Gasteiger partial charge in [-0.05, 0) is 86.5 Å². The van der Waals surface area contributed by atoms with Crippen molar-refractivity contribution in [2.75, 3.05) is 0 Å².